The Bertz CT molecular complexity index is 841. The molecular formula is C9H6ClN5O2S2. The lowest BCUT2D eigenvalue weighted by molar-refractivity contribution is 0.602. The molecule has 0 bridgehead atoms. The summed E-state index contributed by atoms with van der Waals surface area (Å²) in [5.41, 5.74) is 0. The summed E-state index contributed by atoms with van der Waals surface area (Å²) in [6.07, 6.45) is 2.74. The summed E-state index contributed by atoms with van der Waals surface area (Å²) in [4.78, 5) is 7.82. The molecule has 7 nitrogen and oxygen atoms in total. The smallest absolute Gasteiger partial charge is 0.262 e. The quantitative estimate of drug-likeness (QED) is 0.793. The van der Waals surface area contributed by atoms with E-state index in [2.05, 4.69) is 19.8 Å². The summed E-state index contributed by atoms with van der Waals surface area (Å²) < 4.78 is 28.5. The Kier molecular flexibility index (Phi) is 2.88. The lowest BCUT2D eigenvalue weighted by Crippen LogP contribution is -2.14. The highest BCUT2D eigenvalue weighted by Gasteiger charge is 2.18. The molecule has 3 rings (SSSR count). The zero-order valence-corrected chi connectivity index (χ0v) is 11.6. The molecule has 3 aromatic heterocycles. The first-order valence-corrected chi connectivity index (χ1v) is 7.67. The van der Waals surface area contributed by atoms with Gasteiger partial charge in [-0.3, -0.25) is 4.72 Å². The summed E-state index contributed by atoms with van der Waals surface area (Å²) in [6.45, 7) is 0. The fourth-order valence-electron chi connectivity index (χ4n) is 1.45. The van der Waals surface area contributed by atoms with Crippen molar-refractivity contribution in [1.29, 1.82) is 0 Å². The number of thiophene rings is 1. The van der Waals surface area contributed by atoms with Crippen LogP contribution in [0.2, 0.25) is 4.34 Å². The van der Waals surface area contributed by atoms with Gasteiger partial charge in [0, 0.05) is 12.3 Å². The molecule has 1 N–H and O–H groups in total. The van der Waals surface area contributed by atoms with E-state index in [9.17, 15) is 8.42 Å². The van der Waals surface area contributed by atoms with Crippen LogP contribution in [0.5, 0.6) is 0 Å². The highest BCUT2D eigenvalue weighted by atomic mass is 35.5. The zero-order valence-electron chi connectivity index (χ0n) is 9.19. The predicted molar refractivity (Wildman–Crippen MR) is 70.9 cm³/mol. The Morgan fingerprint density at radius 2 is 2.11 bits per heavy atom. The first-order valence-electron chi connectivity index (χ1n) is 4.99. The van der Waals surface area contributed by atoms with Crippen LogP contribution >= 0.6 is 22.9 Å². The second kappa shape index (κ2) is 4.44. The third-order valence-electron chi connectivity index (χ3n) is 2.23. The van der Waals surface area contributed by atoms with Gasteiger partial charge in [0.15, 0.2) is 0 Å². The van der Waals surface area contributed by atoms with Crippen molar-refractivity contribution in [3.63, 3.8) is 0 Å². The van der Waals surface area contributed by atoms with Crippen molar-refractivity contribution >= 4 is 44.6 Å². The van der Waals surface area contributed by atoms with Crippen molar-refractivity contribution in [3.05, 3.63) is 35.1 Å². The Balaban J connectivity index is 2.03. The van der Waals surface area contributed by atoms with Crippen molar-refractivity contribution in [1.82, 2.24) is 19.6 Å². The average Bonchev–Trinajstić information content (AvgIpc) is 2.97. The summed E-state index contributed by atoms with van der Waals surface area (Å²) in [7, 11) is -3.69. The number of hydrogen-bond donors (Lipinski definition) is 1. The van der Waals surface area contributed by atoms with E-state index >= 15 is 0 Å². The summed E-state index contributed by atoms with van der Waals surface area (Å²) in [5.74, 6) is 0.566. The van der Waals surface area contributed by atoms with E-state index in [0.29, 0.717) is 10.1 Å². The van der Waals surface area contributed by atoms with E-state index in [4.69, 9.17) is 11.6 Å². The Morgan fingerprint density at radius 3 is 2.84 bits per heavy atom. The Hall–Kier alpha value is -1.71. The molecule has 0 spiro atoms. The van der Waals surface area contributed by atoms with E-state index in [-0.39, 0.29) is 10.0 Å². The standard InChI is InChI=1S/C9H6ClN5O2S2/c10-6-1-2-8(18-6)19(16,17)14-7-3-4-11-9-12-5-13-15(7)9/h1-5,14H. The van der Waals surface area contributed by atoms with Crippen molar-refractivity contribution in [2.24, 2.45) is 0 Å². The third kappa shape index (κ3) is 2.27. The molecule has 98 valence electrons. The first kappa shape index (κ1) is 12.3. The summed E-state index contributed by atoms with van der Waals surface area (Å²) >= 11 is 6.71. The molecule has 3 aromatic rings. The molecule has 0 fully saturated rings. The highest BCUT2D eigenvalue weighted by Crippen LogP contribution is 2.27. The van der Waals surface area contributed by atoms with Crippen molar-refractivity contribution in [2.45, 2.75) is 4.21 Å². The highest BCUT2D eigenvalue weighted by molar-refractivity contribution is 7.94. The Morgan fingerprint density at radius 1 is 1.26 bits per heavy atom. The molecule has 0 amide bonds. The van der Waals surface area contributed by atoms with E-state index in [1.165, 1.54) is 35.2 Å². The molecule has 0 aliphatic rings. The lowest BCUT2D eigenvalue weighted by atomic mass is 10.6. The third-order valence-corrected chi connectivity index (χ3v) is 5.31. The normalized spacial score (nSPS) is 11.8. The first-order chi connectivity index (χ1) is 9.06. The van der Waals surface area contributed by atoms with Crippen LogP contribution in [0.4, 0.5) is 5.82 Å². The molecule has 0 radical (unpaired) electrons. The molecule has 19 heavy (non-hydrogen) atoms. The van der Waals surface area contributed by atoms with Gasteiger partial charge >= 0.3 is 0 Å². The fraction of sp³-hybridized carbons (Fsp3) is 0. The second-order valence-electron chi connectivity index (χ2n) is 3.47. The topological polar surface area (TPSA) is 89.2 Å². The van der Waals surface area contributed by atoms with Gasteiger partial charge in [0.05, 0.1) is 4.34 Å². The Labute approximate surface area is 116 Å². The minimum absolute atomic E-state index is 0.127. The van der Waals surface area contributed by atoms with Gasteiger partial charge in [-0.05, 0) is 12.1 Å². The zero-order chi connectivity index (χ0) is 13.5. The number of nitrogens with zero attached hydrogens (tertiary/aromatic N) is 4. The number of sulfonamides is 1. The van der Waals surface area contributed by atoms with Crippen LogP contribution in [0.3, 0.4) is 0 Å². The molecule has 0 aliphatic heterocycles. The second-order valence-corrected chi connectivity index (χ2v) is 7.09. The number of halogens is 1. The molecule has 0 saturated heterocycles. The minimum Gasteiger partial charge on any atom is -0.262 e. The number of rotatable bonds is 3. The van der Waals surface area contributed by atoms with Crippen LogP contribution in [0.15, 0.2) is 34.9 Å². The molecule has 0 atom stereocenters. The van der Waals surface area contributed by atoms with Crippen molar-refractivity contribution in [2.75, 3.05) is 4.72 Å². The lowest BCUT2D eigenvalue weighted by Gasteiger charge is -2.06. The predicted octanol–water partition coefficient (Wildman–Crippen LogP) is 1.64. The van der Waals surface area contributed by atoms with Gasteiger partial charge in [-0.2, -0.15) is 14.6 Å². The fourth-order valence-corrected chi connectivity index (χ4v) is 3.97. The maximum absolute atomic E-state index is 12.1. The molecule has 0 unspecified atom stereocenters. The maximum atomic E-state index is 12.1. The average molecular weight is 316 g/mol. The van der Waals surface area contributed by atoms with Gasteiger partial charge in [0.25, 0.3) is 15.8 Å². The van der Waals surface area contributed by atoms with Gasteiger partial charge < -0.3 is 0 Å². The van der Waals surface area contributed by atoms with Crippen molar-refractivity contribution in [3.8, 4) is 0 Å². The van der Waals surface area contributed by atoms with Gasteiger partial charge in [-0.15, -0.1) is 11.3 Å². The van der Waals surface area contributed by atoms with Crippen molar-refractivity contribution < 1.29 is 8.42 Å². The summed E-state index contributed by atoms with van der Waals surface area (Å²) in [5, 5.41) is 3.90. The van der Waals surface area contributed by atoms with Gasteiger partial charge in [-0.1, -0.05) is 11.6 Å². The largest absolute Gasteiger partial charge is 0.272 e. The van der Waals surface area contributed by atoms with Gasteiger partial charge in [0.1, 0.15) is 16.4 Å². The van der Waals surface area contributed by atoms with Crippen LogP contribution in [-0.4, -0.2) is 28.0 Å². The number of fused-ring (bicyclic) bond motifs is 1. The van der Waals surface area contributed by atoms with Crippen LogP contribution < -0.4 is 4.72 Å². The minimum atomic E-state index is -3.69. The van der Waals surface area contributed by atoms with Crippen LogP contribution in [0.1, 0.15) is 0 Å². The van der Waals surface area contributed by atoms with E-state index in [0.717, 1.165) is 11.3 Å². The van der Waals surface area contributed by atoms with Gasteiger partial charge in [0.2, 0.25) is 0 Å². The number of anilines is 1. The molecule has 10 heteroatoms. The SMILES string of the molecule is O=S(=O)(Nc1ccnc2ncnn12)c1ccc(Cl)s1. The molecular weight excluding hydrogens is 310 g/mol. The molecule has 0 aliphatic carbocycles. The van der Waals surface area contributed by atoms with E-state index in [1.54, 1.807) is 0 Å². The van der Waals surface area contributed by atoms with Crippen LogP contribution in [0, 0.1) is 0 Å². The monoisotopic (exact) mass is 315 g/mol. The van der Waals surface area contributed by atoms with Crippen LogP contribution in [0.25, 0.3) is 5.78 Å². The molecule has 0 saturated carbocycles. The molecule has 3 heterocycles. The number of aromatic nitrogens is 4. The van der Waals surface area contributed by atoms with E-state index in [1.807, 2.05) is 0 Å². The number of hydrogen-bond acceptors (Lipinski definition) is 6. The molecule has 0 aromatic carbocycles. The number of nitrogens with one attached hydrogen (secondary N) is 1. The summed E-state index contributed by atoms with van der Waals surface area (Å²) in [6, 6.07) is 4.46. The maximum Gasteiger partial charge on any atom is 0.272 e. The van der Waals surface area contributed by atoms with E-state index < -0.39 is 10.0 Å². The van der Waals surface area contributed by atoms with Crippen LogP contribution in [-0.2, 0) is 10.0 Å². The van der Waals surface area contributed by atoms with Gasteiger partial charge in [-0.25, -0.2) is 13.4 Å².